The molecule has 3 aromatic heterocycles. The van der Waals surface area contributed by atoms with Crippen molar-refractivity contribution >= 4 is 39.4 Å². The highest BCUT2D eigenvalue weighted by Gasteiger charge is 2.27. The number of anilines is 1. The Morgan fingerprint density at radius 1 is 0.935 bits per heavy atom. The van der Waals surface area contributed by atoms with Crippen molar-refractivity contribution in [1.82, 2.24) is 19.5 Å². The van der Waals surface area contributed by atoms with Gasteiger partial charge >= 0.3 is 0 Å². The number of rotatable bonds is 9. The summed E-state index contributed by atoms with van der Waals surface area (Å²) in [5.74, 6) is 0.0657. The summed E-state index contributed by atoms with van der Waals surface area (Å²) in [6.07, 6.45) is 9.36. The van der Waals surface area contributed by atoms with Crippen molar-refractivity contribution in [2.24, 2.45) is 5.92 Å². The van der Waals surface area contributed by atoms with Gasteiger partial charge in [0.25, 0.3) is 0 Å². The monoisotopic (exact) mass is 643 g/mol. The van der Waals surface area contributed by atoms with Crippen LogP contribution in [0, 0.1) is 5.92 Å². The Hall–Kier alpha value is -3.56. The topological polar surface area (TPSA) is 105 Å². The molecule has 244 valence electrons. The maximum atomic E-state index is 8.08. The van der Waals surface area contributed by atoms with E-state index in [4.69, 9.17) is 31.5 Å². The highest BCUT2D eigenvalue weighted by Crippen LogP contribution is 2.39. The predicted molar refractivity (Wildman–Crippen MR) is 186 cm³/mol. The van der Waals surface area contributed by atoms with Gasteiger partial charge in [0.15, 0.2) is 5.79 Å². The summed E-state index contributed by atoms with van der Waals surface area (Å²) >= 11 is 6.31. The second kappa shape index (κ2) is 14.5. The molecule has 0 spiro atoms. The van der Waals surface area contributed by atoms with Gasteiger partial charge in [0.05, 0.1) is 24.1 Å². The van der Waals surface area contributed by atoms with Gasteiger partial charge in [-0.3, -0.25) is 0 Å². The fourth-order valence-corrected chi connectivity index (χ4v) is 6.28. The molecular weight excluding hydrogens is 598 g/mol. The third-order valence-electron chi connectivity index (χ3n) is 8.07. The molecule has 1 aliphatic carbocycles. The lowest BCUT2D eigenvalue weighted by Crippen LogP contribution is -2.26. The second-order valence-electron chi connectivity index (χ2n) is 13.9. The second-order valence-corrected chi connectivity index (χ2v) is 14.2. The smallest absolute Gasteiger partial charge is 0.156 e. The van der Waals surface area contributed by atoms with Crippen LogP contribution in [-0.2, 0) is 24.4 Å². The molecule has 0 bridgehead atoms. The Morgan fingerprint density at radius 2 is 1.70 bits per heavy atom. The van der Waals surface area contributed by atoms with E-state index in [1.165, 1.54) is 37.0 Å². The fourth-order valence-electron chi connectivity index (χ4n) is 6.09. The van der Waals surface area contributed by atoms with Crippen molar-refractivity contribution in [3.8, 4) is 0 Å². The van der Waals surface area contributed by atoms with Crippen molar-refractivity contribution < 1.29 is 14.9 Å². The van der Waals surface area contributed by atoms with Crippen LogP contribution in [0.25, 0.3) is 21.9 Å². The largest absolute Gasteiger partial charge is 0.372 e. The number of hydrogen-bond acceptors (Lipinski definition) is 7. The molecule has 0 amide bonds. The molecular formula is C37H46ClN5O3. The van der Waals surface area contributed by atoms with E-state index in [9.17, 15) is 0 Å². The van der Waals surface area contributed by atoms with Crippen LogP contribution >= 0.6 is 11.6 Å². The SMILES string of the molecule is CC(C)(C)Nc1ccc2cc(COCc3ccccc3)c(CCC3CCC(n4ccc5c(Cl)ncnc54)C3)cc2n1.CC(C)(O)O. The number of hydrogen-bond donors (Lipinski definition) is 3. The molecule has 0 aliphatic heterocycles. The Bertz CT molecular complexity index is 1740. The van der Waals surface area contributed by atoms with Crippen molar-refractivity contribution in [2.75, 3.05) is 5.32 Å². The summed E-state index contributed by atoms with van der Waals surface area (Å²) in [4.78, 5) is 13.6. The van der Waals surface area contributed by atoms with E-state index >= 15 is 0 Å². The van der Waals surface area contributed by atoms with Crippen LogP contribution in [0.1, 0.15) is 83.0 Å². The number of nitrogens with one attached hydrogen (secondary N) is 1. The van der Waals surface area contributed by atoms with Gasteiger partial charge < -0.3 is 24.8 Å². The minimum absolute atomic E-state index is 0.0455. The highest BCUT2D eigenvalue weighted by molar-refractivity contribution is 6.33. The summed E-state index contributed by atoms with van der Waals surface area (Å²) in [5, 5.41) is 22.3. The maximum Gasteiger partial charge on any atom is 0.156 e. The minimum atomic E-state index is -1.50. The van der Waals surface area contributed by atoms with Crippen LogP contribution in [0.4, 0.5) is 5.82 Å². The molecule has 1 saturated carbocycles. The number of fused-ring (bicyclic) bond motifs is 2. The van der Waals surface area contributed by atoms with Crippen molar-refractivity contribution in [1.29, 1.82) is 0 Å². The number of aromatic nitrogens is 4. The van der Waals surface area contributed by atoms with E-state index in [0.29, 0.717) is 30.3 Å². The van der Waals surface area contributed by atoms with Gasteiger partial charge in [0.2, 0.25) is 0 Å². The molecule has 8 nitrogen and oxygen atoms in total. The first kappa shape index (κ1) is 33.8. The highest BCUT2D eigenvalue weighted by atomic mass is 35.5. The zero-order valence-electron chi connectivity index (χ0n) is 27.5. The van der Waals surface area contributed by atoms with E-state index in [2.05, 4.69) is 95.4 Å². The minimum Gasteiger partial charge on any atom is -0.372 e. The molecule has 0 radical (unpaired) electrons. The zero-order valence-corrected chi connectivity index (χ0v) is 28.3. The van der Waals surface area contributed by atoms with Gasteiger partial charge in [-0.1, -0.05) is 41.9 Å². The molecule has 2 aromatic carbocycles. The Labute approximate surface area is 276 Å². The maximum absolute atomic E-state index is 8.08. The molecule has 1 fully saturated rings. The quantitative estimate of drug-likeness (QED) is 0.110. The number of aryl methyl sites for hydroxylation is 1. The normalized spacial score (nSPS) is 16.9. The van der Waals surface area contributed by atoms with Crippen molar-refractivity contribution in [3.63, 3.8) is 0 Å². The lowest BCUT2D eigenvalue weighted by atomic mass is 9.94. The van der Waals surface area contributed by atoms with Crippen molar-refractivity contribution in [3.05, 3.63) is 95.0 Å². The van der Waals surface area contributed by atoms with E-state index in [1.807, 2.05) is 12.1 Å². The third kappa shape index (κ3) is 9.48. The first-order chi connectivity index (χ1) is 21.8. The van der Waals surface area contributed by atoms with Gasteiger partial charge in [-0.2, -0.15) is 0 Å². The first-order valence-corrected chi connectivity index (χ1v) is 16.4. The molecule has 46 heavy (non-hydrogen) atoms. The number of halogens is 1. The molecule has 2 atom stereocenters. The van der Waals surface area contributed by atoms with Crippen LogP contribution in [0.15, 0.2) is 73.2 Å². The van der Waals surface area contributed by atoms with Gasteiger partial charge in [-0.05, 0) is 120 Å². The summed E-state index contributed by atoms with van der Waals surface area (Å²) in [6.45, 7) is 10.3. The van der Waals surface area contributed by atoms with Crippen molar-refractivity contribution in [2.45, 2.75) is 97.3 Å². The Balaban J connectivity index is 0.000000775. The fraction of sp³-hybridized carbons (Fsp3) is 0.432. The molecule has 6 rings (SSSR count). The third-order valence-corrected chi connectivity index (χ3v) is 8.37. The van der Waals surface area contributed by atoms with Crippen LogP contribution in [0.2, 0.25) is 5.15 Å². The summed E-state index contributed by atoms with van der Waals surface area (Å²) in [7, 11) is 0. The molecule has 0 saturated heterocycles. The Kier molecular flexibility index (Phi) is 10.6. The number of aliphatic hydroxyl groups is 2. The molecule has 3 heterocycles. The lowest BCUT2D eigenvalue weighted by molar-refractivity contribution is -0.127. The average molecular weight is 644 g/mol. The number of pyridine rings is 1. The van der Waals surface area contributed by atoms with Crippen LogP contribution < -0.4 is 5.32 Å². The van der Waals surface area contributed by atoms with E-state index in [0.717, 1.165) is 53.4 Å². The van der Waals surface area contributed by atoms with E-state index in [-0.39, 0.29) is 5.54 Å². The molecule has 5 aromatic rings. The van der Waals surface area contributed by atoms with E-state index in [1.54, 1.807) is 6.33 Å². The molecule has 9 heteroatoms. The van der Waals surface area contributed by atoms with Gasteiger partial charge in [0, 0.05) is 23.2 Å². The summed E-state index contributed by atoms with van der Waals surface area (Å²) in [6, 6.07) is 21.7. The number of nitrogens with zero attached hydrogens (tertiary/aromatic N) is 4. The Morgan fingerprint density at radius 3 is 2.43 bits per heavy atom. The summed E-state index contributed by atoms with van der Waals surface area (Å²) in [5.41, 5.74) is 5.70. The average Bonchev–Trinajstić information content (AvgIpc) is 3.63. The van der Waals surface area contributed by atoms with Gasteiger partial charge in [-0.15, -0.1) is 0 Å². The standard InChI is InChI=1S/C34H38ClN5O.C3H8O2/c1-34(2,3)39-31-14-12-26-18-27(21-41-20-24-7-5-4-6-8-24)25(19-30(26)38-31)11-9-23-10-13-28(17-23)40-16-15-29-32(35)36-22-37-33(29)40;1-3(2,4)5/h4-8,12,14-16,18-19,22-23,28H,9-11,13,17,20-21H2,1-3H3,(H,38,39);4-5H,1-2H3. The summed E-state index contributed by atoms with van der Waals surface area (Å²) < 4.78 is 8.52. The molecule has 1 aliphatic rings. The number of benzene rings is 2. The van der Waals surface area contributed by atoms with Crippen LogP contribution in [0.3, 0.4) is 0 Å². The zero-order chi connectivity index (χ0) is 32.9. The van der Waals surface area contributed by atoms with Gasteiger partial charge in [-0.25, -0.2) is 15.0 Å². The van der Waals surface area contributed by atoms with Crippen LogP contribution in [-0.4, -0.2) is 41.1 Å². The van der Waals surface area contributed by atoms with Crippen LogP contribution in [0.5, 0.6) is 0 Å². The number of ether oxygens (including phenoxy) is 1. The lowest BCUT2D eigenvalue weighted by Gasteiger charge is -2.21. The molecule has 2 unspecified atom stereocenters. The first-order valence-electron chi connectivity index (χ1n) is 16.1. The molecule has 3 N–H and O–H groups in total. The predicted octanol–water partition coefficient (Wildman–Crippen LogP) is 8.24. The van der Waals surface area contributed by atoms with E-state index < -0.39 is 5.79 Å². The van der Waals surface area contributed by atoms with Gasteiger partial charge in [0.1, 0.15) is 22.9 Å².